The summed E-state index contributed by atoms with van der Waals surface area (Å²) >= 11 is 3.53. The standard InChI is InChI=1S/C16H17BrN2O/c1-10(9-20)8-19-14-5-2-11(7-18)16(14)13-4-3-12(17)6-15(13)19/h3-4,6,10-11,20H,2,5,8-9H2,1H3/t10-,11?/m0/s1. The first-order valence-corrected chi connectivity index (χ1v) is 7.76. The molecule has 1 unspecified atom stereocenters. The number of fused-ring (bicyclic) bond motifs is 3. The maximum Gasteiger partial charge on any atom is 0.0740 e. The fourth-order valence-electron chi connectivity index (χ4n) is 3.19. The highest BCUT2D eigenvalue weighted by atomic mass is 79.9. The van der Waals surface area contributed by atoms with Crippen LogP contribution in [-0.2, 0) is 13.0 Å². The van der Waals surface area contributed by atoms with Crippen LogP contribution in [0.5, 0.6) is 0 Å². The maximum absolute atomic E-state index is 9.36. The van der Waals surface area contributed by atoms with Crippen LogP contribution in [0.15, 0.2) is 22.7 Å². The zero-order valence-corrected chi connectivity index (χ0v) is 13.0. The Morgan fingerprint density at radius 3 is 3.05 bits per heavy atom. The van der Waals surface area contributed by atoms with Crippen LogP contribution in [0.25, 0.3) is 10.9 Å². The van der Waals surface area contributed by atoms with Gasteiger partial charge in [0.1, 0.15) is 0 Å². The second-order valence-electron chi connectivity index (χ2n) is 5.64. The highest BCUT2D eigenvalue weighted by molar-refractivity contribution is 9.10. The Labute approximate surface area is 127 Å². The molecule has 1 heterocycles. The van der Waals surface area contributed by atoms with Gasteiger partial charge in [-0.1, -0.05) is 28.9 Å². The SMILES string of the molecule is C[C@H](CO)Cn1c2c(c3ccc(Br)cc31)C(C#N)CC2. The van der Waals surface area contributed by atoms with Gasteiger partial charge in [-0.3, -0.25) is 0 Å². The minimum atomic E-state index is 0.0133. The Bertz CT molecular complexity index is 699. The third kappa shape index (κ3) is 2.06. The molecule has 0 amide bonds. The van der Waals surface area contributed by atoms with Gasteiger partial charge in [0.25, 0.3) is 0 Å². The molecule has 1 aromatic carbocycles. The van der Waals surface area contributed by atoms with Crippen LogP contribution in [0.1, 0.15) is 30.5 Å². The molecule has 3 nitrogen and oxygen atoms in total. The van der Waals surface area contributed by atoms with Crippen molar-refractivity contribution in [1.29, 1.82) is 5.26 Å². The van der Waals surface area contributed by atoms with Crippen molar-refractivity contribution < 1.29 is 5.11 Å². The fourth-order valence-corrected chi connectivity index (χ4v) is 3.54. The Kier molecular flexibility index (Phi) is 3.57. The fraction of sp³-hybridized carbons (Fsp3) is 0.438. The van der Waals surface area contributed by atoms with Gasteiger partial charge in [-0.05, 0) is 36.5 Å². The van der Waals surface area contributed by atoms with E-state index >= 15 is 0 Å². The average molecular weight is 333 g/mol. The molecule has 2 atom stereocenters. The summed E-state index contributed by atoms with van der Waals surface area (Å²) in [5.41, 5.74) is 3.66. The molecule has 0 saturated carbocycles. The summed E-state index contributed by atoms with van der Waals surface area (Å²) in [7, 11) is 0. The molecule has 2 aromatic rings. The summed E-state index contributed by atoms with van der Waals surface area (Å²) in [5.74, 6) is 0.231. The molecule has 4 heteroatoms. The number of nitrogens with zero attached hydrogens (tertiary/aromatic N) is 2. The lowest BCUT2D eigenvalue weighted by Gasteiger charge is -2.14. The quantitative estimate of drug-likeness (QED) is 0.933. The lowest BCUT2D eigenvalue weighted by molar-refractivity contribution is 0.223. The third-order valence-electron chi connectivity index (χ3n) is 4.16. The van der Waals surface area contributed by atoms with Crippen molar-refractivity contribution >= 4 is 26.8 Å². The van der Waals surface area contributed by atoms with E-state index in [0.717, 1.165) is 23.9 Å². The van der Waals surface area contributed by atoms with Gasteiger partial charge in [0.05, 0.1) is 12.0 Å². The monoisotopic (exact) mass is 332 g/mol. The Hall–Kier alpha value is -1.31. The first-order valence-electron chi connectivity index (χ1n) is 6.96. The van der Waals surface area contributed by atoms with E-state index in [4.69, 9.17) is 0 Å². The summed E-state index contributed by atoms with van der Waals surface area (Å²) in [6.07, 6.45) is 1.87. The number of halogens is 1. The summed E-state index contributed by atoms with van der Waals surface area (Å²) < 4.78 is 3.35. The van der Waals surface area contributed by atoms with Crippen LogP contribution >= 0.6 is 15.9 Å². The summed E-state index contributed by atoms with van der Waals surface area (Å²) in [6.45, 7) is 3.04. The highest BCUT2D eigenvalue weighted by Gasteiger charge is 2.29. The molecule has 1 N–H and O–H groups in total. The summed E-state index contributed by atoms with van der Waals surface area (Å²) in [5, 5.41) is 19.9. The zero-order chi connectivity index (χ0) is 14.3. The van der Waals surface area contributed by atoms with Gasteiger partial charge < -0.3 is 9.67 Å². The normalized spacial score (nSPS) is 19.0. The first kappa shape index (κ1) is 13.7. The Morgan fingerprint density at radius 2 is 2.35 bits per heavy atom. The van der Waals surface area contributed by atoms with E-state index in [1.165, 1.54) is 22.2 Å². The molecule has 1 aromatic heterocycles. The van der Waals surface area contributed by atoms with Crippen LogP contribution in [0.4, 0.5) is 0 Å². The molecule has 0 spiro atoms. The molecule has 0 saturated heterocycles. The molecular formula is C16H17BrN2O. The lowest BCUT2D eigenvalue weighted by Crippen LogP contribution is -2.12. The number of hydrogen-bond acceptors (Lipinski definition) is 2. The number of benzene rings is 1. The molecule has 0 bridgehead atoms. The smallest absolute Gasteiger partial charge is 0.0740 e. The van der Waals surface area contributed by atoms with Crippen LogP contribution < -0.4 is 0 Å². The highest BCUT2D eigenvalue weighted by Crippen LogP contribution is 2.41. The van der Waals surface area contributed by atoms with Gasteiger partial charge in [0.15, 0.2) is 0 Å². The van der Waals surface area contributed by atoms with E-state index < -0.39 is 0 Å². The van der Waals surface area contributed by atoms with Crippen LogP contribution in [0.3, 0.4) is 0 Å². The van der Waals surface area contributed by atoms with Crippen LogP contribution in [0.2, 0.25) is 0 Å². The molecule has 1 aliphatic rings. The number of hydrogen-bond donors (Lipinski definition) is 1. The van der Waals surface area contributed by atoms with E-state index in [2.05, 4.69) is 38.7 Å². The van der Waals surface area contributed by atoms with Crippen molar-refractivity contribution in [2.45, 2.75) is 32.2 Å². The Morgan fingerprint density at radius 1 is 1.55 bits per heavy atom. The number of rotatable bonds is 3. The van der Waals surface area contributed by atoms with Gasteiger partial charge >= 0.3 is 0 Å². The lowest BCUT2D eigenvalue weighted by atomic mass is 10.0. The predicted octanol–water partition coefficient (Wildman–Crippen LogP) is 3.59. The van der Waals surface area contributed by atoms with Crippen molar-refractivity contribution in [3.8, 4) is 6.07 Å². The van der Waals surface area contributed by atoms with E-state index in [1.54, 1.807) is 0 Å². The molecule has 1 aliphatic carbocycles. The molecule has 0 radical (unpaired) electrons. The van der Waals surface area contributed by atoms with Crippen LogP contribution in [0, 0.1) is 17.2 Å². The molecular weight excluding hydrogens is 316 g/mol. The minimum absolute atomic E-state index is 0.0133. The van der Waals surface area contributed by atoms with Crippen molar-refractivity contribution in [2.24, 2.45) is 5.92 Å². The second kappa shape index (κ2) is 5.23. The second-order valence-corrected chi connectivity index (χ2v) is 6.56. The van der Waals surface area contributed by atoms with E-state index in [0.29, 0.717) is 0 Å². The maximum atomic E-state index is 9.36. The van der Waals surface area contributed by atoms with Crippen molar-refractivity contribution in [2.75, 3.05) is 6.61 Å². The minimum Gasteiger partial charge on any atom is -0.396 e. The first-order chi connectivity index (χ1) is 9.65. The zero-order valence-electron chi connectivity index (χ0n) is 11.4. The van der Waals surface area contributed by atoms with Crippen molar-refractivity contribution in [3.63, 3.8) is 0 Å². The topological polar surface area (TPSA) is 49.0 Å². The molecule has 3 rings (SSSR count). The third-order valence-corrected chi connectivity index (χ3v) is 4.65. The summed E-state index contributed by atoms with van der Waals surface area (Å²) in [6, 6.07) is 8.69. The van der Waals surface area contributed by atoms with Crippen molar-refractivity contribution in [1.82, 2.24) is 4.57 Å². The van der Waals surface area contributed by atoms with E-state index in [1.807, 2.05) is 13.0 Å². The van der Waals surface area contributed by atoms with Gasteiger partial charge in [-0.25, -0.2) is 0 Å². The Balaban J connectivity index is 2.23. The molecule has 104 valence electrons. The molecule has 20 heavy (non-hydrogen) atoms. The predicted molar refractivity (Wildman–Crippen MR) is 82.6 cm³/mol. The van der Waals surface area contributed by atoms with E-state index in [9.17, 15) is 10.4 Å². The largest absolute Gasteiger partial charge is 0.396 e. The van der Waals surface area contributed by atoms with Gasteiger partial charge in [-0.2, -0.15) is 5.26 Å². The van der Waals surface area contributed by atoms with Gasteiger partial charge in [-0.15, -0.1) is 0 Å². The number of aliphatic hydroxyl groups excluding tert-OH is 1. The van der Waals surface area contributed by atoms with Gasteiger partial charge in [0, 0.05) is 34.2 Å². The number of nitriles is 1. The summed E-state index contributed by atoms with van der Waals surface area (Å²) in [4.78, 5) is 0. The van der Waals surface area contributed by atoms with Crippen molar-refractivity contribution in [3.05, 3.63) is 33.9 Å². The number of aromatic nitrogens is 1. The average Bonchev–Trinajstić information content (AvgIpc) is 2.98. The van der Waals surface area contributed by atoms with Crippen LogP contribution in [-0.4, -0.2) is 16.3 Å². The number of aliphatic hydroxyl groups is 1. The van der Waals surface area contributed by atoms with Gasteiger partial charge in [0.2, 0.25) is 0 Å². The van der Waals surface area contributed by atoms with E-state index in [-0.39, 0.29) is 18.4 Å². The molecule has 0 fully saturated rings. The molecule has 0 aliphatic heterocycles.